The van der Waals surface area contributed by atoms with Gasteiger partial charge in [-0.1, -0.05) is 0 Å². The van der Waals surface area contributed by atoms with Crippen molar-refractivity contribution in [1.29, 1.82) is 0 Å². The third-order valence-electron chi connectivity index (χ3n) is 5.76. The maximum atomic E-state index is 12.9. The zero-order chi connectivity index (χ0) is 23.8. The monoisotopic (exact) mass is 477 g/mol. The van der Waals surface area contributed by atoms with Crippen LogP contribution >= 0.6 is 11.8 Å². The van der Waals surface area contributed by atoms with Gasteiger partial charge in [-0.05, 0) is 49.4 Å². The Kier molecular flexibility index (Phi) is 6.38. The third-order valence-corrected chi connectivity index (χ3v) is 7.03. The molecule has 174 valence electrons. The molecule has 6 nitrogen and oxygen atoms in total. The van der Waals surface area contributed by atoms with Gasteiger partial charge in [0.25, 0.3) is 0 Å². The van der Waals surface area contributed by atoms with Gasteiger partial charge in [-0.2, -0.15) is 13.2 Å². The molecule has 0 aliphatic carbocycles. The average molecular weight is 478 g/mol. The Hall–Kier alpha value is -3.01. The molecule has 1 N–H and O–H groups in total. The second-order valence-electron chi connectivity index (χ2n) is 7.98. The van der Waals surface area contributed by atoms with E-state index in [0.717, 1.165) is 29.6 Å². The van der Waals surface area contributed by atoms with Crippen molar-refractivity contribution in [3.63, 3.8) is 0 Å². The molecule has 2 aliphatic rings. The van der Waals surface area contributed by atoms with E-state index in [1.807, 2.05) is 12.1 Å². The van der Waals surface area contributed by atoms with E-state index in [9.17, 15) is 27.6 Å². The zero-order valence-corrected chi connectivity index (χ0v) is 18.6. The van der Waals surface area contributed by atoms with Crippen LogP contribution in [-0.4, -0.2) is 53.9 Å². The molecule has 4 rings (SSSR count). The van der Waals surface area contributed by atoms with Crippen LogP contribution in [0.5, 0.6) is 0 Å². The van der Waals surface area contributed by atoms with E-state index in [4.69, 9.17) is 0 Å². The summed E-state index contributed by atoms with van der Waals surface area (Å²) >= 11 is 1.11. The van der Waals surface area contributed by atoms with E-state index in [-0.39, 0.29) is 23.8 Å². The van der Waals surface area contributed by atoms with Gasteiger partial charge < -0.3 is 15.1 Å². The Morgan fingerprint density at radius 3 is 2.33 bits per heavy atom. The van der Waals surface area contributed by atoms with Gasteiger partial charge in [-0.3, -0.25) is 14.4 Å². The summed E-state index contributed by atoms with van der Waals surface area (Å²) in [4.78, 5) is 41.0. The number of carbonyl (C=O) groups is 3. The number of hydrogen-bond acceptors (Lipinski definition) is 5. The van der Waals surface area contributed by atoms with E-state index in [1.54, 1.807) is 17.0 Å². The van der Waals surface area contributed by atoms with Crippen LogP contribution in [0.3, 0.4) is 0 Å². The number of amides is 2. The van der Waals surface area contributed by atoms with Crippen molar-refractivity contribution in [3.05, 3.63) is 53.6 Å². The number of nitrogens with one attached hydrogen (secondary N) is 1. The topological polar surface area (TPSA) is 69.7 Å². The zero-order valence-electron chi connectivity index (χ0n) is 17.8. The number of hydrogen-bond donors (Lipinski definition) is 1. The molecule has 33 heavy (non-hydrogen) atoms. The SMILES string of the molecule is CC(=O)c1ccc(N2CCN(C(=O)CC3Sc4ccc(C(F)(F)F)cc4NC3=O)CC2)cc1. The van der Waals surface area contributed by atoms with Crippen LogP contribution in [0.2, 0.25) is 0 Å². The Labute approximate surface area is 193 Å². The summed E-state index contributed by atoms with van der Waals surface area (Å²) in [6, 6.07) is 10.6. The van der Waals surface area contributed by atoms with Gasteiger partial charge >= 0.3 is 6.18 Å². The van der Waals surface area contributed by atoms with E-state index in [0.29, 0.717) is 36.6 Å². The number of ketones is 1. The number of rotatable bonds is 4. The minimum absolute atomic E-state index is 0.00463. The van der Waals surface area contributed by atoms with Crippen molar-refractivity contribution < 1.29 is 27.6 Å². The Balaban J connectivity index is 1.34. The molecule has 0 saturated carbocycles. The molecule has 10 heteroatoms. The lowest BCUT2D eigenvalue weighted by atomic mass is 10.1. The quantitative estimate of drug-likeness (QED) is 0.673. The van der Waals surface area contributed by atoms with Crippen molar-refractivity contribution in [3.8, 4) is 0 Å². The molecule has 0 bridgehead atoms. The predicted molar refractivity (Wildman–Crippen MR) is 120 cm³/mol. The molecule has 2 aliphatic heterocycles. The number of carbonyl (C=O) groups excluding carboxylic acids is 3. The molecule has 2 heterocycles. The summed E-state index contributed by atoms with van der Waals surface area (Å²) in [5, 5.41) is 1.81. The Morgan fingerprint density at radius 1 is 1.06 bits per heavy atom. The third kappa shape index (κ3) is 5.16. The van der Waals surface area contributed by atoms with Crippen molar-refractivity contribution in [2.24, 2.45) is 0 Å². The lowest BCUT2D eigenvalue weighted by Crippen LogP contribution is -2.49. The van der Waals surface area contributed by atoms with Crippen molar-refractivity contribution in [1.82, 2.24) is 4.90 Å². The van der Waals surface area contributed by atoms with Gasteiger partial charge in [0.1, 0.15) is 0 Å². The molecule has 0 spiro atoms. The van der Waals surface area contributed by atoms with Crippen molar-refractivity contribution >= 4 is 40.7 Å². The Morgan fingerprint density at radius 2 is 1.73 bits per heavy atom. The minimum atomic E-state index is -4.49. The number of fused-ring (bicyclic) bond motifs is 1. The number of nitrogens with zero attached hydrogens (tertiary/aromatic N) is 2. The van der Waals surface area contributed by atoms with Crippen LogP contribution in [0.25, 0.3) is 0 Å². The van der Waals surface area contributed by atoms with Crippen LogP contribution in [0.1, 0.15) is 29.3 Å². The second-order valence-corrected chi connectivity index (χ2v) is 9.22. The van der Waals surface area contributed by atoms with Crippen molar-refractivity contribution in [2.45, 2.75) is 29.7 Å². The Bertz CT molecular complexity index is 1080. The fraction of sp³-hybridized carbons (Fsp3) is 0.348. The molecule has 2 aromatic carbocycles. The number of Topliss-reactive ketones (excluding diaryl/α,β-unsaturated/α-hetero) is 1. The first-order valence-corrected chi connectivity index (χ1v) is 11.3. The fourth-order valence-electron chi connectivity index (χ4n) is 3.87. The second kappa shape index (κ2) is 9.09. The first-order valence-electron chi connectivity index (χ1n) is 10.4. The van der Waals surface area contributed by atoms with Crippen LogP contribution in [0.4, 0.5) is 24.5 Å². The molecule has 1 atom stereocenters. The molecule has 1 saturated heterocycles. The number of thioether (sulfide) groups is 1. The number of piperazine rings is 1. The number of alkyl halides is 3. The van der Waals surface area contributed by atoms with Crippen LogP contribution < -0.4 is 10.2 Å². The first kappa shape index (κ1) is 23.2. The smallest absolute Gasteiger partial charge is 0.368 e. The largest absolute Gasteiger partial charge is 0.416 e. The molecule has 1 fully saturated rings. The molecule has 1 unspecified atom stereocenters. The normalized spacial score (nSPS) is 18.5. The average Bonchev–Trinajstić information content (AvgIpc) is 2.78. The molecule has 2 aromatic rings. The molecular formula is C23H22F3N3O3S. The highest BCUT2D eigenvalue weighted by atomic mass is 32.2. The highest BCUT2D eigenvalue weighted by molar-refractivity contribution is 8.01. The summed E-state index contributed by atoms with van der Waals surface area (Å²) in [6.45, 7) is 3.76. The summed E-state index contributed by atoms with van der Waals surface area (Å²) in [7, 11) is 0. The maximum Gasteiger partial charge on any atom is 0.416 e. The number of halogens is 3. The van der Waals surface area contributed by atoms with E-state index >= 15 is 0 Å². The summed E-state index contributed by atoms with van der Waals surface area (Å²) in [5.41, 5.74) is 0.912. The lowest BCUT2D eigenvalue weighted by Gasteiger charge is -2.37. The highest BCUT2D eigenvalue weighted by Gasteiger charge is 2.35. The molecule has 2 amide bonds. The van der Waals surface area contributed by atoms with Crippen LogP contribution in [0, 0.1) is 0 Å². The van der Waals surface area contributed by atoms with Crippen LogP contribution in [-0.2, 0) is 15.8 Å². The molecular weight excluding hydrogens is 455 g/mol. The minimum Gasteiger partial charge on any atom is -0.368 e. The van der Waals surface area contributed by atoms with Gasteiger partial charge in [0.05, 0.1) is 16.5 Å². The molecule has 0 radical (unpaired) electrons. The molecule has 0 aromatic heterocycles. The van der Waals surface area contributed by atoms with Gasteiger partial charge in [0, 0.05) is 48.7 Å². The summed E-state index contributed by atoms with van der Waals surface area (Å²) < 4.78 is 38.7. The predicted octanol–water partition coefficient (Wildman–Crippen LogP) is 4.06. The lowest BCUT2D eigenvalue weighted by molar-refractivity contribution is -0.137. The summed E-state index contributed by atoms with van der Waals surface area (Å²) in [5.74, 6) is -0.626. The maximum absolute atomic E-state index is 12.9. The van der Waals surface area contributed by atoms with E-state index < -0.39 is 22.9 Å². The van der Waals surface area contributed by atoms with Gasteiger partial charge in [0.15, 0.2) is 5.78 Å². The fourth-order valence-corrected chi connectivity index (χ4v) is 4.95. The highest BCUT2D eigenvalue weighted by Crippen LogP contribution is 2.40. The van der Waals surface area contributed by atoms with E-state index in [1.165, 1.54) is 13.0 Å². The summed E-state index contributed by atoms with van der Waals surface area (Å²) in [6.07, 6.45) is -4.51. The van der Waals surface area contributed by atoms with Crippen molar-refractivity contribution in [2.75, 3.05) is 36.4 Å². The van der Waals surface area contributed by atoms with Gasteiger partial charge in [-0.15, -0.1) is 11.8 Å². The number of benzene rings is 2. The van der Waals surface area contributed by atoms with Crippen LogP contribution in [0.15, 0.2) is 47.4 Å². The van der Waals surface area contributed by atoms with Gasteiger partial charge in [-0.25, -0.2) is 0 Å². The number of anilines is 2. The standard InChI is InChI=1S/C23H22F3N3O3S/c1-14(30)15-2-5-17(6-3-15)28-8-10-29(11-9-28)21(31)13-20-22(32)27-18-12-16(23(24,25)26)4-7-19(18)33-20/h2-7,12,20H,8-11,13H2,1H3,(H,27,32). The van der Waals surface area contributed by atoms with Gasteiger partial charge in [0.2, 0.25) is 11.8 Å². The first-order chi connectivity index (χ1) is 15.6. The van der Waals surface area contributed by atoms with E-state index in [2.05, 4.69) is 10.2 Å².